The number of ketones is 1. The van der Waals surface area contributed by atoms with Gasteiger partial charge in [-0.25, -0.2) is 4.39 Å². The van der Waals surface area contributed by atoms with Gasteiger partial charge in [-0.1, -0.05) is 24.8 Å². The van der Waals surface area contributed by atoms with Gasteiger partial charge in [0.15, 0.2) is 5.78 Å². The summed E-state index contributed by atoms with van der Waals surface area (Å²) in [5.41, 5.74) is 1.37. The Bertz CT molecular complexity index is 733. The number of nitrogens with one attached hydrogen (secondary N) is 1. The number of carbonyl (C=O) groups is 2. The minimum absolute atomic E-state index is 0.246. The van der Waals surface area contributed by atoms with Crippen LogP contribution in [0.25, 0.3) is 6.08 Å². The van der Waals surface area contributed by atoms with Crippen LogP contribution >= 0.6 is 0 Å². The molecular weight excluding hydrogens is 281 g/mol. The van der Waals surface area contributed by atoms with Crippen LogP contribution in [0.4, 0.5) is 10.1 Å². The molecule has 2 aromatic rings. The fraction of sp³-hybridized carbons (Fsp3) is 0. The molecule has 0 spiro atoms. The number of hydrogen-bond donors (Lipinski definition) is 1. The summed E-state index contributed by atoms with van der Waals surface area (Å²) in [6.45, 7) is 3.36. The Kier molecular flexibility index (Phi) is 4.98. The highest BCUT2D eigenvalue weighted by Crippen LogP contribution is 2.12. The Hall–Kier alpha value is -3.01. The van der Waals surface area contributed by atoms with E-state index in [1.165, 1.54) is 18.2 Å². The Morgan fingerprint density at radius 2 is 1.73 bits per heavy atom. The van der Waals surface area contributed by atoms with Crippen LogP contribution in [0, 0.1) is 5.82 Å². The molecule has 1 amide bonds. The average molecular weight is 295 g/mol. The molecule has 0 radical (unpaired) electrons. The number of carbonyl (C=O) groups excluding carboxylic acids is 2. The molecule has 3 nitrogen and oxygen atoms in total. The molecular formula is C18H14FNO2. The highest BCUT2D eigenvalue weighted by molar-refractivity contribution is 6.07. The van der Waals surface area contributed by atoms with Crippen molar-refractivity contribution in [3.63, 3.8) is 0 Å². The standard InChI is InChI=1S/C18H14FNO2/c1-2-18(22)20-15-10-7-14(8-11-15)17(21)12-9-13-5-3-4-6-16(13)19/h2-12H,1H2,(H,20,22). The second kappa shape index (κ2) is 7.13. The number of benzene rings is 2. The van der Waals surface area contributed by atoms with Crippen LogP contribution in [0.2, 0.25) is 0 Å². The number of rotatable bonds is 5. The van der Waals surface area contributed by atoms with E-state index in [0.29, 0.717) is 16.8 Å². The molecule has 22 heavy (non-hydrogen) atoms. The average Bonchev–Trinajstić information content (AvgIpc) is 2.54. The molecule has 2 aromatic carbocycles. The third-order valence-corrected chi connectivity index (χ3v) is 2.94. The minimum atomic E-state index is -0.381. The lowest BCUT2D eigenvalue weighted by molar-refractivity contribution is -0.111. The SMILES string of the molecule is C=CC(=O)Nc1ccc(C(=O)C=Cc2ccccc2F)cc1. The van der Waals surface area contributed by atoms with Gasteiger partial charge in [-0.2, -0.15) is 0 Å². The molecule has 1 N–H and O–H groups in total. The van der Waals surface area contributed by atoms with Crippen LogP contribution in [0.3, 0.4) is 0 Å². The number of hydrogen-bond acceptors (Lipinski definition) is 2. The van der Waals surface area contributed by atoms with Crippen LogP contribution in [-0.2, 0) is 4.79 Å². The fourth-order valence-corrected chi connectivity index (χ4v) is 1.78. The monoisotopic (exact) mass is 295 g/mol. The predicted molar refractivity (Wildman–Crippen MR) is 85.0 cm³/mol. The molecule has 4 heteroatoms. The molecule has 0 fully saturated rings. The topological polar surface area (TPSA) is 46.2 Å². The van der Waals surface area contributed by atoms with Crippen molar-refractivity contribution in [3.05, 3.63) is 84.2 Å². The maximum absolute atomic E-state index is 13.4. The molecule has 0 atom stereocenters. The molecule has 0 unspecified atom stereocenters. The smallest absolute Gasteiger partial charge is 0.247 e. The lowest BCUT2D eigenvalue weighted by Gasteiger charge is -2.02. The molecule has 110 valence electrons. The summed E-state index contributed by atoms with van der Waals surface area (Å²) < 4.78 is 13.4. The van der Waals surface area contributed by atoms with Gasteiger partial charge in [-0.05, 0) is 48.6 Å². The maximum Gasteiger partial charge on any atom is 0.247 e. The molecule has 0 aliphatic heterocycles. The maximum atomic E-state index is 13.4. The summed E-state index contributed by atoms with van der Waals surface area (Å²) >= 11 is 0. The van der Waals surface area contributed by atoms with Crippen LogP contribution in [0.15, 0.2) is 67.3 Å². The van der Waals surface area contributed by atoms with E-state index < -0.39 is 0 Å². The molecule has 0 saturated carbocycles. The lowest BCUT2D eigenvalue weighted by Crippen LogP contribution is -2.07. The normalized spacial score (nSPS) is 10.4. The molecule has 0 aliphatic carbocycles. The summed E-state index contributed by atoms with van der Waals surface area (Å²) in [5, 5.41) is 2.59. The first-order valence-electron chi connectivity index (χ1n) is 6.60. The summed E-state index contributed by atoms with van der Waals surface area (Å²) in [6, 6.07) is 12.6. The second-order valence-electron chi connectivity index (χ2n) is 4.49. The first-order valence-corrected chi connectivity index (χ1v) is 6.60. The zero-order valence-electron chi connectivity index (χ0n) is 11.8. The number of anilines is 1. The first kappa shape index (κ1) is 15.4. The van der Waals surface area contributed by atoms with Crippen LogP contribution in [-0.4, -0.2) is 11.7 Å². The fourth-order valence-electron chi connectivity index (χ4n) is 1.78. The van der Waals surface area contributed by atoms with Gasteiger partial charge in [-0.15, -0.1) is 0 Å². The van der Waals surface area contributed by atoms with Gasteiger partial charge in [0.1, 0.15) is 5.82 Å². The van der Waals surface area contributed by atoms with Gasteiger partial charge in [0.25, 0.3) is 0 Å². The number of amides is 1. The lowest BCUT2D eigenvalue weighted by atomic mass is 10.1. The molecule has 0 aliphatic rings. The van der Waals surface area contributed by atoms with E-state index in [2.05, 4.69) is 11.9 Å². The van der Waals surface area contributed by atoms with Crippen molar-refractivity contribution in [2.75, 3.05) is 5.32 Å². The van der Waals surface area contributed by atoms with E-state index in [9.17, 15) is 14.0 Å². The van der Waals surface area contributed by atoms with Crippen LogP contribution in [0.1, 0.15) is 15.9 Å². The predicted octanol–water partition coefficient (Wildman–Crippen LogP) is 3.85. The van der Waals surface area contributed by atoms with Crippen molar-refractivity contribution >= 4 is 23.5 Å². The third kappa shape index (κ3) is 3.99. The summed E-state index contributed by atoms with van der Waals surface area (Å²) in [4.78, 5) is 23.2. The minimum Gasteiger partial charge on any atom is -0.323 e. The van der Waals surface area contributed by atoms with Gasteiger partial charge in [-0.3, -0.25) is 9.59 Å². The highest BCUT2D eigenvalue weighted by atomic mass is 19.1. The van der Waals surface area contributed by atoms with Crippen molar-refractivity contribution in [3.8, 4) is 0 Å². The Balaban J connectivity index is 2.08. The first-order chi connectivity index (χ1) is 10.6. The highest BCUT2D eigenvalue weighted by Gasteiger charge is 2.03. The van der Waals surface area contributed by atoms with E-state index >= 15 is 0 Å². The quantitative estimate of drug-likeness (QED) is 0.673. The van der Waals surface area contributed by atoms with Crippen molar-refractivity contribution in [1.29, 1.82) is 0 Å². The van der Waals surface area contributed by atoms with E-state index in [4.69, 9.17) is 0 Å². The molecule has 0 bridgehead atoms. The summed E-state index contributed by atoms with van der Waals surface area (Å²) in [7, 11) is 0. The molecule has 0 aromatic heterocycles. The van der Waals surface area contributed by atoms with E-state index in [1.54, 1.807) is 42.5 Å². The Morgan fingerprint density at radius 1 is 1.05 bits per heavy atom. The third-order valence-electron chi connectivity index (χ3n) is 2.94. The van der Waals surface area contributed by atoms with Gasteiger partial charge >= 0.3 is 0 Å². The number of allylic oxidation sites excluding steroid dienone is 1. The van der Waals surface area contributed by atoms with Crippen molar-refractivity contribution in [1.82, 2.24) is 0 Å². The van der Waals surface area contributed by atoms with Crippen molar-refractivity contribution < 1.29 is 14.0 Å². The van der Waals surface area contributed by atoms with Crippen molar-refractivity contribution in [2.45, 2.75) is 0 Å². The zero-order valence-corrected chi connectivity index (χ0v) is 11.8. The van der Waals surface area contributed by atoms with Gasteiger partial charge < -0.3 is 5.32 Å². The molecule has 0 heterocycles. The largest absolute Gasteiger partial charge is 0.323 e. The molecule has 0 saturated heterocycles. The summed E-state index contributed by atoms with van der Waals surface area (Å²) in [6.07, 6.45) is 3.91. The van der Waals surface area contributed by atoms with Crippen molar-refractivity contribution in [2.24, 2.45) is 0 Å². The van der Waals surface area contributed by atoms with E-state index in [0.717, 1.165) is 6.08 Å². The zero-order chi connectivity index (χ0) is 15.9. The van der Waals surface area contributed by atoms with Gasteiger partial charge in [0.05, 0.1) is 0 Å². The Labute approximate surface area is 127 Å². The Morgan fingerprint density at radius 3 is 2.36 bits per heavy atom. The van der Waals surface area contributed by atoms with E-state index in [-0.39, 0.29) is 17.5 Å². The van der Waals surface area contributed by atoms with Gasteiger partial charge in [0.2, 0.25) is 5.91 Å². The van der Waals surface area contributed by atoms with Gasteiger partial charge in [0, 0.05) is 16.8 Å². The van der Waals surface area contributed by atoms with Crippen LogP contribution in [0.5, 0.6) is 0 Å². The second-order valence-corrected chi connectivity index (χ2v) is 4.49. The summed E-state index contributed by atoms with van der Waals surface area (Å²) in [5.74, 6) is -0.947. The molecule has 2 rings (SSSR count). The number of halogens is 1. The van der Waals surface area contributed by atoms with Crippen LogP contribution < -0.4 is 5.32 Å². The van der Waals surface area contributed by atoms with E-state index in [1.807, 2.05) is 0 Å².